The molecule has 4 heteroatoms. The number of aromatic nitrogens is 1. The highest BCUT2D eigenvalue weighted by molar-refractivity contribution is 6.11. The van der Waals surface area contributed by atoms with Crippen LogP contribution in [0.5, 0.6) is 5.75 Å². The number of Topliss-reactive ketones (excluding diaryl/α,β-unsaturated/α-hetero) is 1. The molecule has 2 heterocycles. The highest BCUT2D eigenvalue weighted by atomic mass is 16.5. The van der Waals surface area contributed by atoms with Crippen LogP contribution >= 0.6 is 0 Å². The summed E-state index contributed by atoms with van der Waals surface area (Å²) < 4.78 is 11.2. The number of hydrogen-bond donors (Lipinski definition) is 1. The van der Waals surface area contributed by atoms with Gasteiger partial charge in [-0.05, 0) is 32.4 Å². The monoisotopic (exact) mass is 273 g/mol. The maximum absolute atomic E-state index is 12.7. The van der Waals surface area contributed by atoms with Crippen molar-refractivity contribution < 1.29 is 14.3 Å². The van der Waals surface area contributed by atoms with Gasteiger partial charge in [0.15, 0.2) is 5.78 Å². The number of aromatic amines is 1. The first kappa shape index (κ1) is 13.2. The van der Waals surface area contributed by atoms with E-state index >= 15 is 0 Å². The molecule has 0 bridgehead atoms. The Kier molecular flexibility index (Phi) is 3.49. The van der Waals surface area contributed by atoms with Gasteiger partial charge in [0.05, 0.1) is 24.7 Å². The summed E-state index contributed by atoms with van der Waals surface area (Å²) in [6, 6.07) is 5.80. The van der Waals surface area contributed by atoms with Gasteiger partial charge < -0.3 is 14.5 Å². The molecule has 1 fully saturated rings. The number of H-pyrrole nitrogens is 1. The van der Waals surface area contributed by atoms with Crippen LogP contribution in [0.25, 0.3) is 10.9 Å². The van der Waals surface area contributed by atoms with E-state index in [1.807, 2.05) is 32.0 Å². The topological polar surface area (TPSA) is 51.3 Å². The molecular formula is C16H19NO3. The van der Waals surface area contributed by atoms with Crippen LogP contribution in [0.4, 0.5) is 0 Å². The lowest BCUT2D eigenvalue weighted by Crippen LogP contribution is -2.14. The van der Waals surface area contributed by atoms with Crippen LogP contribution in [0.1, 0.15) is 30.6 Å². The second-order valence-corrected chi connectivity index (χ2v) is 5.25. The molecule has 20 heavy (non-hydrogen) atoms. The maximum atomic E-state index is 12.7. The van der Waals surface area contributed by atoms with Crippen molar-refractivity contribution in [1.82, 2.24) is 4.98 Å². The molecule has 2 atom stereocenters. The van der Waals surface area contributed by atoms with Crippen molar-refractivity contribution in [1.29, 1.82) is 0 Å². The summed E-state index contributed by atoms with van der Waals surface area (Å²) >= 11 is 0. The number of fused-ring (bicyclic) bond motifs is 1. The van der Waals surface area contributed by atoms with Gasteiger partial charge in [0.1, 0.15) is 5.75 Å². The van der Waals surface area contributed by atoms with E-state index in [-0.39, 0.29) is 17.8 Å². The zero-order valence-corrected chi connectivity index (χ0v) is 11.8. The Hall–Kier alpha value is -1.81. The predicted molar refractivity (Wildman–Crippen MR) is 77.3 cm³/mol. The number of ether oxygens (including phenoxy) is 2. The van der Waals surface area contributed by atoms with Gasteiger partial charge in [-0.15, -0.1) is 0 Å². The average Bonchev–Trinajstić information content (AvgIpc) is 3.05. The van der Waals surface area contributed by atoms with Gasteiger partial charge in [0, 0.05) is 23.2 Å². The fraction of sp³-hybridized carbons (Fsp3) is 0.438. The summed E-state index contributed by atoms with van der Waals surface area (Å²) in [5, 5.41) is 0.888. The largest absolute Gasteiger partial charge is 0.493 e. The van der Waals surface area contributed by atoms with Crippen molar-refractivity contribution in [2.75, 3.05) is 13.2 Å². The van der Waals surface area contributed by atoms with E-state index in [0.717, 1.165) is 23.1 Å². The fourth-order valence-corrected chi connectivity index (χ4v) is 2.84. The lowest BCUT2D eigenvalue weighted by atomic mass is 9.95. The van der Waals surface area contributed by atoms with E-state index in [1.165, 1.54) is 0 Å². The van der Waals surface area contributed by atoms with Gasteiger partial charge in [-0.1, -0.05) is 6.07 Å². The second kappa shape index (κ2) is 5.29. The maximum Gasteiger partial charge on any atom is 0.170 e. The van der Waals surface area contributed by atoms with E-state index in [1.54, 1.807) is 6.20 Å². The number of carbonyl (C=O) groups excluding carboxylic acids is 1. The predicted octanol–water partition coefficient (Wildman–Crippen LogP) is 3.17. The Bertz CT molecular complexity index is 632. The number of hydrogen-bond acceptors (Lipinski definition) is 3. The molecular weight excluding hydrogens is 254 g/mol. The summed E-state index contributed by atoms with van der Waals surface area (Å²) in [5.74, 6) is 0.869. The average molecular weight is 273 g/mol. The number of benzene rings is 1. The molecule has 4 nitrogen and oxygen atoms in total. The summed E-state index contributed by atoms with van der Waals surface area (Å²) in [7, 11) is 0. The molecule has 0 aliphatic carbocycles. The van der Waals surface area contributed by atoms with Crippen molar-refractivity contribution in [3.63, 3.8) is 0 Å². The Morgan fingerprint density at radius 1 is 1.50 bits per heavy atom. The third-order valence-electron chi connectivity index (χ3n) is 3.80. The highest BCUT2D eigenvalue weighted by Crippen LogP contribution is 2.32. The minimum Gasteiger partial charge on any atom is -0.493 e. The number of rotatable bonds is 4. The van der Waals surface area contributed by atoms with E-state index in [2.05, 4.69) is 4.98 Å². The molecule has 2 aromatic rings. The Morgan fingerprint density at radius 2 is 2.35 bits per heavy atom. The van der Waals surface area contributed by atoms with Crippen LogP contribution in [-0.2, 0) is 4.74 Å². The Balaban J connectivity index is 2.01. The van der Waals surface area contributed by atoms with Gasteiger partial charge in [0.2, 0.25) is 0 Å². The van der Waals surface area contributed by atoms with Crippen LogP contribution in [0.3, 0.4) is 0 Å². The lowest BCUT2D eigenvalue weighted by molar-refractivity contribution is 0.0879. The summed E-state index contributed by atoms with van der Waals surface area (Å²) in [4.78, 5) is 15.8. The molecule has 1 aromatic carbocycles. The third-order valence-corrected chi connectivity index (χ3v) is 3.80. The summed E-state index contributed by atoms with van der Waals surface area (Å²) in [6.45, 7) is 5.05. The second-order valence-electron chi connectivity index (χ2n) is 5.25. The van der Waals surface area contributed by atoms with Crippen molar-refractivity contribution in [2.45, 2.75) is 26.4 Å². The molecule has 0 radical (unpaired) electrons. The Labute approximate surface area is 118 Å². The number of ketones is 1. The van der Waals surface area contributed by atoms with E-state index in [4.69, 9.17) is 9.47 Å². The molecule has 1 N–H and O–H groups in total. The molecule has 2 unspecified atom stereocenters. The molecule has 0 saturated carbocycles. The summed E-state index contributed by atoms with van der Waals surface area (Å²) in [6.07, 6.45) is 2.75. The van der Waals surface area contributed by atoms with E-state index < -0.39 is 0 Å². The molecule has 0 spiro atoms. The van der Waals surface area contributed by atoms with Crippen LogP contribution in [0, 0.1) is 5.92 Å². The Morgan fingerprint density at radius 3 is 3.05 bits per heavy atom. The van der Waals surface area contributed by atoms with Crippen LogP contribution in [0.15, 0.2) is 24.4 Å². The standard InChI is InChI=1S/C16H19NO3/c1-3-19-14-6-4-5-13-15(14)12(8-17-13)16(18)11-7-10(2)20-9-11/h4-6,8,10-11,17H,3,7,9H2,1-2H3. The zero-order valence-electron chi connectivity index (χ0n) is 11.8. The minimum atomic E-state index is -0.0429. The van der Waals surface area contributed by atoms with Gasteiger partial charge in [-0.25, -0.2) is 0 Å². The van der Waals surface area contributed by atoms with Crippen LogP contribution < -0.4 is 4.74 Å². The minimum absolute atomic E-state index is 0.0429. The smallest absolute Gasteiger partial charge is 0.170 e. The van der Waals surface area contributed by atoms with Crippen molar-refractivity contribution in [2.24, 2.45) is 5.92 Å². The molecule has 0 amide bonds. The molecule has 1 aromatic heterocycles. The first-order valence-electron chi connectivity index (χ1n) is 7.09. The quantitative estimate of drug-likeness (QED) is 0.870. The van der Waals surface area contributed by atoms with Crippen molar-refractivity contribution >= 4 is 16.7 Å². The molecule has 106 valence electrons. The first-order chi connectivity index (χ1) is 9.70. The van der Waals surface area contributed by atoms with Crippen LogP contribution in [0.2, 0.25) is 0 Å². The normalized spacial score (nSPS) is 22.3. The van der Waals surface area contributed by atoms with Gasteiger partial charge >= 0.3 is 0 Å². The number of carbonyl (C=O) groups is 1. The molecule has 1 saturated heterocycles. The fourth-order valence-electron chi connectivity index (χ4n) is 2.84. The lowest BCUT2D eigenvalue weighted by Gasteiger charge is -2.09. The van der Waals surface area contributed by atoms with Gasteiger partial charge in [-0.2, -0.15) is 0 Å². The highest BCUT2D eigenvalue weighted by Gasteiger charge is 2.30. The number of nitrogens with one attached hydrogen (secondary N) is 1. The molecule has 3 rings (SSSR count). The summed E-state index contributed by atoms with van der Waals surface area (Å²) in [5.41, 5.74) is 1.65. The first-order valence-corrected chi connectivity index (χ1v) is 7.09. The van der Waals surface area contributed by atoms with Crippen molar-refractivity contribution in [3.05, 3.63) is 30.0 Å². The van der Waals surface area contributed by atoms with Gasteiger partial charge in [0.25, 0.3) is 0 Å². The van der Waals surface area contributed by atoms with Crippen LogP contribution in [-0.4, -0.2) is 30.1 Å². The third kappa shape index (κ3) is 2.20. The van der Waals surface area contributed by atoms with Crippen molar-refractivity contribution in [3.8, 4) is 5.75 Å². The van der Waals surface area contributed by atoms with E-state index in [9.17, 15) is 4.79 Å². The zero-order chi connectivity index (χ0) is 14.1. The molecule has 1 aliphatic rings. The SMILES string of the molecule is CCOc1cccc2[nH]cc(C(=O)C3COC(C)C3)c12. The van der Waals surface area contributed by atoms with E-state index in [0.29, 0.717) is 18.8 Å². The van der Waals surface area contributed by atoms with Gasteiger partial charge in [-0.3, -0.25) is 4.79 Å². The molecule has 1 aliphatic heterocycles.